The third-order valence-electron chi connectivity index (χ3n) is 6.01. The minimum absolute atomic E-state index is 0.224. The Bertz CT molecular complexity index is 1540. The molecule has 4 aromatic rings. The molecule has 0 radical (unpaired) electrons. The molecule has 41 heavy (non-hydrogen) atoms. The lowest BCUT2D eigenvalue weighted by molar-refractivity contribution is -0.115. The minimum atomic E-state index is -0.496. The summed E-state index contributed by atoms with van der Waals surface area (Å²) in [5.74, 6) is -0.0693. The number of nitrogens with one attached hydrogen (secondary N) is 2. The maximum atomic E-state index is 13.2. The van der Waals surface area contributed by atoms with Crippen LogP contribution < -0.4 is 20.1 Å². The standard InChI is InChI=1S/C31H30N2O6S2/c1-5-39-31(36)27-24(20-10-7-6-8-11-20)18-40-30(27)33-28(34)19(2)41-23-13-9-12-22(17-23)32-29(35)21-14-15-25(37-3)26(16-21)38-4/h6-19H,5H2,1-4H3,(H,32,35)(H,33,34). The second kappa shape index (κ2) is 13.9. The molecule has 0 saturated heterocycles. The molecule has 1 heterocycles. The van der Waals surface area contributed by atoms with Crippen molar-refractivity contribution >= 4 is 51.6 Å². The summed E-state index contributed by atoms with van der Waals surface area (Å²) in [5, 5.41) is 7.59. The number of thioether (sulfide) groups is 1. The Morgan fingerprint density at radius 2 is 1.66 bits per heavy atom. The molecule has 8 nitrogen and oxygen atoms in total. The van der Waals surface area contributed by atoms with E-state index in [0.717, 1.165) is 10.5 Å². The van der Waals surface area contributed by atoms with Crippen molar-refractivity contribution in [2.24, 2.45) is 0 Å². The van der Waals surface area contributed by atoms with Gasteiger partial charge in [-0.1, -0.05) is 36.4 Å². The molecule has 4 rings (SSSR count). The zero-order chi connectivity index (χ0) is 29.4. The first-order chi connectivity index (χ1) is 19.8. The smallest absolute Gasteiger partial charge is 0.341 e. The number of hydrogen-bond donors (Lipinski definition) is 2. The summed E-state index contributed by atoms with van der Waals surface area (Å²) in [6.07, 6.45) is 0. The third kappa shape index (κ3) is 7.27. The van der Waals surface area contributed by atoms with Gasteiger partial charge in [0.2, 0.25) is 5.91 Å². The SMILES string of the molecule is CCOC(=O)c1c(-c2ccccc2)csc1NC(=O)C(C)Sc1cccc(NC(=O)c2ccc(OC)c(OC)c2)c1. The summed E-state index contributed by atoms with van der Waals surface area (Å²) in [6.45, 7) is 3.75. The Labute approximate surface area is 247 Å². The van der Waals surface area contributed by atoms with Gasteiger partial charge < -0.3 is 24.8 Å². The Morgan fingerprint density at radius 3 is 2.37 bits per heavy atom. The van der Waals surface area contributed by atoms with E-state index in [1.807, 2.05) is 41.8 Å². The molecule has 2 amide bonds. The van der Waals surface area contributed by atoms with E-state index < -0.39 is 11.2 Å². The number of anilines is 2. The van der Waals surface area contributed by atoms with Crippen LogP contribution in [0.3, 0.4) is 0 Å². The van der Waals surface area contributed by atoms with Crippen molar-refractivity contribution in [1.29, 1.82) is 0 Å². The highest BCUT2D eigenvalue weighted by molar-refractivity contribution is 8.00. The average molecular weight is 591 g/mol. The van der Waals surface area contributed by atoms with Crippen LogP contribution in [0.2, 0.25) is 0 Å². The zero-order valence-electron chi connectivity index (χ0n) is 23.1. The van der Waals surface area contributed by atoms with Crippen LogP contribution in [0.15, 0.2) is 83.1 Å². The number of hydrogen-bond acceptors (Lipinski definition) is 8. The lowest BCUT2D eigenvalue weighted by atomic mass is 10.0. The van der Waals surface area contributed by atoms with Crippen molar-refractivity contribution < 1.29 is 28.6 Å². The molecule has 1 aromatic heterocycles. The highest BCUT2D eigenvalue weighted by atomic mass is 32.2. The van der Waals surface area contributed by atoms with Gasteiger partial charge in [0.05, 0.1) is 26.1 Å². The van der Waals surface area contributed by atoms with Gasteiger partial charge in [0.15, 0.2) is 11.5 Å². The number of amides is 2. The molecule has 1 unspecified atom stereocenters. The molecular formula is C31H30N2O6S2. The predicted octanol–water partition coefficient (Wildman–Crippen LogP) is 6.98. The molecule has 2 N–H and O–H groups in total. The average Bonchev–Trinajstić information content (AvgIpc) is 3.41. The largest absolute Gasteiger partial charge is 0.493 e. The molecule has 0 fully saturated rings. The second-order valence-electron chi connectivity index (χ2n) is 8.74. The lowest BCUT2D eigenvalue weighted by Gasteiger charge is -2.14. The predicted molar refractivity (Wildman–Crippen MR) is 164 cm³/mol. The van der Waals surface area contributed by atoms with E-state index in [1.54, 1.807) is 50.2 Å². The van der Waals surface area contributed by atoms with Crippen LogP contribution >= 0.6 is 23.1 Å². The van der Waals surface area contributed by atoms with Crippen molar-refractivity contribution in [3.63, 3.8) is 0 Å². The van der Waals surface area contributed by atoms with Gasteiger partial charge in [-0.15, -0.1) is 23.1 Å². The van der Waals surface area contributed by atoms with Gasteiger partial charge >= 0.3 is 5.97 Å². The Hall–Kier alpha value is -4.28. The quantitative estimate of drug-likeness (QED) is 0.143. The Kier molecular flexibility index (Phi) is 10.0. The van der Waals surface area contributed by atoms with Gasteiger partial charge in [0, 0.05) is 27.1 Å². The number of carbonyl (C=O) groups excluding carboxylic acids is 3. The van der Waals surface area contributed by atoms with Crippen molar-refractivity contribution in [2.45, 2.75) is 24.0 Å². The van der Waals surface area contributed by atoms with E-state index in [2.05, 4.69) is 10.6 Å². The summed E-state index contributed by atoms with van der Waals surface area (Å²) in [6, 6.07) is 21.7. The number of thiophene rings is 1. The van der Waals surface area contributed by atoms with Crippen LogP contribution in [0.4, 0.5) is 10.7 Å². The minimum Gasteiger partial charge on any atom is -0.493 e. The number of esters is 1. The summed E-state index contributed by atoms with van der Waals surface area (Å²) < 4.78 is 15.8. The van der Waals surface area contributed by atoms with Crippen molar-refractivity contribution in [3.05, 3.63) is 89.3 Å². The van der Waals surface area contributed by atoms with E-state index in [9.17, 15) is 14.4 Å². The van der Waals surface area contributed by atoms with Gasteiger partial charge in [-0.2, -0.15) is 0 Å². The van der Waals surface area contributed by atoms with Gasteiger partial charge in [-0.3, -0.25) is 9.59 Å². The van der Waals surface area contributed by atoms with E-state index >= 15 is 0 Å². The molecule has 0 saturated carbocycles. The highest BCUT2D eigenvalue weighted by Crippen LogP contribution is 2.37. The maximum Gasteiger partial charge on any atom is 0.341 e. The fourth-order valence-corrected chi connectivity index (χ4v) is 5.87. The van der Waals surface area contributed by atoms with Crippen LogP contribution in [0.5, 0.6) is 11.5 Å². The highest BCUT2D eigenvalue weighted by Gasteiger charge is 2.24. The third-order valence-corrected chi connectivity index (χ3v) is 8.00. The normalized spacial score (nSPS) is 11.3. The van der Waals surface area contributed by atoms with Crippen LogP contribution in [0.1, 0.15) is 34.6 Å². The molecule has 0 bridgehead atoms. The number of methoxy groups -OCH3 is 2. The first kappa shape index (κ1) is 29.7. The molecule has 0 spiro atoms. The van der Waals surface area contributed by atoms with E-state index in [4.69, 9.17) is 14.2 Å². The summed E-state index contributed by atoms with van der Waals surface area (Å²) in [4.78, 5) is 39.7. The number of benzene rings is 3. The van der Waals surface area contributed by atoms with Gasteiger partial charge in [0.25, 0.3) is 5.91 Å². The van der Waals surface area contributed by atoms with Crippen LogP contribution in [0.25, 0.3) is 11.1 Å². The molecule has 0 aliphatic rings. The number of rotatable bonds is 11. The van der Waals surface area contributed by atoms with E-state index in [0.29, 0.717) is 38.9 Å². The summed E-state index contributed by atoms with van der Waals surface area (Å²) in [7, 11) is 3.04. The van der Waals surface area contributed by atoms with Gasteiger partial charge in [-0.05, 0) is 55.8 Å². The molecule has 10 heteroatoms. The Morgan fingerprint density at radius 1 is 0.902 bits per heavy atom. The van der Waals surface area contributed by atoms with Crippen LogP contribution in [-0.4, -0.2) is 43.9 Å². The Balaban J connectivity index is 1.45. The van der Waals surface area contributed by atoms with E-state index in [-0.39, 0.29) is 18.4 Å². The molecule has 3 aromatic carbocycles. The fraction of sp³-hybridized carbons (Fsp3) is 0.194. The molecule has 0 aliphatic carbocycles. The molecular weight excluding hydrogens is 560 g/mol. The maximum absolute atomic E-state index is 13.2. The van der Waals surface area contributed by atoms with Crippen LogP contribution in [-0.2, 0) is 9.53 Å². The van der Waals surface area contributed by atoms with Crippen molar-refractivity contribution in [2.75, 3.05) is 31.5 Å². The van der Waals surface area contributed by atoms with Crippen molar-refractivity contribution in [1.82, 2.24) is 0 Å². The first-order valence-corrected chi connectivity index (χ1v) is 14.6. The topological polar surface area (TPSA) is 103 Å². The number of ether oxygens (including phenoxy) is 3. The van der Waals surface area contributed by atoms with Crippen molar-refractivity contribution in [3.8, 4) is 22.6 Å². The lowest BCUT2D eigenvalue weighted by Crippen LogP contribution is -2.23. The molecule has 212 valence electrons. The van der Waals surface area contributed by atoms with E-state index in [1.165, 1.54) is 37.3 Å². The summed E-state index contributed by atoms with van der Waals surface area (Å²) >= 11 is 2.62. The summed E-state index contributed by atoms with van der Waals surface area (Å²) in [5.41, 5.74) is 2.91. The molecule has 1 atom stereocenters. The zero-order valence-corrected chi connectivity index (χ0v) is 24.7. The van der Waals surface area contributed by atoms with Gasteiger partial charge in [-0.25, -0.2) is 4.79 Å². The van der Waals surface area contributed by atoms with Crippen LogP contribution in [0, 0.1) is 0 Å². The first-order valence-electron chi connectivity index (χ1n) is 12.8. The second-order valence-corrected chi connectivity index (χ2v) is 11.0. The molecule has 0 aliphatic heterocycles. The fourth-order valence-electron chi connectivity index (χ4n) is 3.99. The van der Waals surface area contributed by atoms with Gasteiger partial charge in [0.1, 0.15) is 10.6 Å². The number of carbonyl (C=O) groups is 3. The monoisotopic (exact) mass is 590 g/mol.